The lowest BCUT2D eigenvalue weighted by Crippen LogP contribution is -2.24. The molecular weight excluding hydrogens is 314 g/mol. The fourth-order valence-electron chi connectivity index (χ4n) is 2.66. The van der Waals surface area contributed by atoms with Crippen LogP contribution < -0.4 is 17.0 Å². The standard InChI is InChI=1S/C16H19N5O.ClH/c17-12(7-6-10-4-2-1-3-5-10)8-11-9-19-14-13(11)15(22)21-16(18)20-14;/h1-5,9,12H,6-8,17H2,(H4,18,19,20,21,22);1H. The summed E-state index contributed by atoms with van der Waals surface area (Å²) in [5.74, 6) is 0.110. The Morgan fingerprint density at radius 3 is 2.70 bits per heavy atom. The maximum Gasteiger partial charge on any atom is 0.262 e. The lowest BCUT2D eigenvalue weighted by Gasteiger charge is -2.10. The largest absolute Gasteiger partial charge is 0.369 e. The molecule has 0 amide bonds. The smallest absolute Gasteiger partial charge is 0.262 e. The minimum absolute atomic E-state index is 0. The van der Waals surface area contributed by atoms with Gasteiger partial charge in [0.25, 0.3) is 5.56 Å². The number of H-pyrrole nitrogens is 2. The first-order valence-corrected chi connectivity index (χ1v) is 7.28. The van der Waals surface area contributed by atoms with Crippen molar-refractivity contribution in [1.29, 1.82) is 0 Å². The summed E-state index contributed by atoms with van der Waals surface area (Å²) < 4.78 is 0. The minimum Gasteiger partial charge on any atom is -0.369 e. The lowest BCUT2D eigenvalue weighted by molar-refractivity contribution is 0.612. The predicted molar refractivity (Wildman–Crippen MR) is 94.8 cm³/mol. The van der Waals surface area contributed by atoms with Crippen molar-refractivity contribution in [3.05, 3.63) is 58.0 Å². The molecule has 1 aromatic carbocycles. The third kappa shape index (κ3) is 3.91. The van der Waals surface area contributed by atoms with Crippen molar-refractivity contribution in [2.75, 3.05) is 5.73 Å². The Kier molecular flexibility index (Phi) is 5.41. The second kappa shape index (κ2) is 7.30. The average molecular weight is 334 g/mol. The van der Waals surface area contributed by atoms with Gasteiger partial charge in [0.1, 0.15) is 5.65 Å². The van der Waals surface area contributed by atoms with E-state index in [1.54, 1.807) is 6.20 Å². The number of hydrogen-bond acceptors (Lipinski definition) is 4. The molecule has 0 saturated heterocycles. The molecule has 0 radical (unpaired) electrons. The van der Waals surface area contributed by atoms with Crippen LogP contribution in [0, 0.1) is 0 Å². The highest BCUT2D eigenvalue weighted by Gasteiger charge is 2.13. The van der Waals surface area contributed by atoms with E-state index in [0.29, 0.717) is 17.5 Å². The minimum atomic E-state index is -0.228. The first-order chi connectivity index (χ1) is 10.6. The highest BCUT2D eigenvalue weighted by atomic mass is 35.5. The number of anilines is 1. The first kappa shape index (κ1) is 17.1. The van der Waals surface area contributed by atoms with Crippen LogP contribution >= 0.6 is 12.4 Å². The van der Waals surface area contributed by atoms with Crippen LogP contribution in [0.2, 0.25) is 0 Å². The van der Waals surface area contributed by atoms with E-state index in [1.807, 2.05) is 18.2 Å². The van der Waals surface area contributed by atoms with Crippen LogP contribution in [0.3, 0.4) is 0 Å². The number of halogens is 1. The number of aromatic nitrogens is 3. The summed E-state index contributed by atoms with van der Waals surface area (Å²) in [4.78, 5) is 21.6. The number of nitrogen functional groups attached to an aromatic ring is 1. The van der Waals surface area contributed by atoms with Gasteiger partial charge in [-0.15, -0.1) is 12.4 Å². The summed E-state index contributed by atoms with van der Waals surface area (Å²) in [6.07, 6.45) is 4.19. The van der Waals surface area contributed by atoms with Crippen molar-refractivity contribution in [1.82, 2.24) is 15.0 Å². The highest BCUT2D eigenvalue weighted by Crippen LogP contribution is 2.15. The summed E-state index contributed by atoms with van der Waals surface area (Å²) in [6.45, 7) is 0. The van der Waals surface area contributed by atoms with Gasteiger partial charge in [-0.1, -0.05) is 30.3 Å². The van der Waals surface area contributed by atoms with E-state index in [9.17, 15) is 4.79 Å². The quantitative estimate of drug-likeness (QED) is 0.569. The summed E-state index contributed by atoms with van der Waals surface area (Å²) in [5, 5.41) is 0.546. The molecule has 3 rings (SSSR count). The van der Waals surface area contributed by atoms with Crippen LogP contribution in [0.5, 0.6) is 0 Å². The number of nitrogens with one attached hydrogen (secondary N) is 2. The van der Waals surface area contributed by atoms with Gasteiger partial charge in [-0.2, -0.15) is 4.98 Å². The number of aromatic amines is 2. The maximum atomic E-state index is 12.0. The molecule has 0 aliphatic carbocycles. The van der Waals surface area contributed by atoms with Crippen molar-refractivity contribution in [3.8, 4) is 0 Å². The molecule has 122 valence electrons. The number of nitrogens with zero attached hydrogens (tertiary/aromatic N) is 1. The lowest BCUT2D eigenvalue weighted by atomic mass is 10.00. The highest BCUT2D eigenvalue weighted by molar-refractivity contribution is 5.85. The van der Waals surface area contributed by atoms with Crippen molar-refractivity contribution in [3.63, 3.8) is 0 Å². The Labute approximate surface area is 139 Å². The molecule has 0 bridgehead atoms. The number of hydrogen-bond donors (Lipinski definition) is 4. The first-order valence-electron chi connectivity index (χ1n) is 7.28. The molecule has 2 aromatic heterocycles. The molecule has 0 spiro atoms. The molecule has 1 atom stereocenters. The zero-order chi connectivity index (χ0) is 15.5. The van der Waals surface area contributed by atoms with Gasteiger partial charge in [0.15, 0.2) is 0 Å². The third-order valence-electron chi connectivity index (χ3n) is 3.77. The number of nitrogens with two attached hydrogens (primary N) is 2. The number of aryl methyl sites for hydroxylation is 1. The zero-order valence-electron chi connectivity index (χ0n) is 12.6. The fourth-order valence-corrected chi connectivity index (χ4v) is 2.66. The number of benzene rings is 1. The normalized spacial score (nSPS) is 12.0. The molecule has 2 heterocycles. The van der Waals surface area contributed by atoms with Crippen molar-refractivity contribution < 1.29 is 0 Å². The molecule has 23 heavy (non-hydrogen) atoms. The molecule has 1 unspecified atom stereocenters. The van der Waals surface area contributed by atoms with Crippen LogP contribution in [0.1, 0.15) is 17.5 Å². The maximum absolute atomic E-state index is 12.0. The molecule has 7 heteroatoms. The molecule has 0 aliphatic heterocycles. The third-order valence-corrected chi connectivity index (χ3v) is 3.77. The molecule has 6 N–H and O–H groups in total. The van der Waals surface area contributed by atoms with Gasteiger partial charge in [0, 0.05) is 12.2 Å². The van der Waals surface area contributed by atoms with Crippen molar-refractivity contribution >= 4 is 29.4 Å². The van der Waals surface area contributed by atoms with Gasteiger partial charge >= 0.3 is 0 Å². The molecule has 6 nitrogen and oxygen atoms in total. The second-order valence-electron chi connectivity index (χ2n) is 5.48. The Morgan fingerprint density at radius 1 is 1.22 bits per heavy atom. The van der Waals surface area contributed by atoms with Gasteiger partial charge in [-0.25, -0.2) is 0 Å². The monoisotopic (exact) mass is 333 g/mol. The SMILES string of the molecule is Cl.Nc1nc2[nH]cc(CC(N)CCc3ccccc3)c2c(=O)[nH]1. The average Bonchev–Trinajstić information content (AvgIpc) is 2.89. The van der Waals surface area contributed by atoms with E-state index in [-0.39, 0.29) is 30.0 Å². The van der Waals surface area contributed by atoms with Gasteiger partial charge in [0.05, 0.1) is 5.39 Å². The molecular formula is C16H20ClN5O. The van der Waals surface area contributed by atoms with E-state index in [1.165, 1.54) is 5.56 Å². The van der Waals surface area contributed by atoms with Gasteiger partial charge < -0.3 is 16.5 Å². The van der Waals surface area contributed by atoms with Crippen LogP contribution in [-0.2, 0) is 12.8 Å². The van der Waals surface area contributed by atoms with Gasteiger partial charge in [-0.3, -0.25) is 9.78 Å². The van der Waals surface area contributed by atoms with E-state index in [0.717, 1.165) is 18.4 Å². The van der Waals surface area contributed by atoms with E-state index < -0.39 is 0 Å². The number of rotatable bonds is 5. The van der Waals surface area contributed by atoms with Crippen LogP contribution in [-0.4, -0.2) is 21.0 Å². The second-order valence-corrected chi connectivity index (χ2v) is 5.48. The predicted octanol–water partition coefficient (Wildman–Crippen LogP) is 1.76. The molecule has 3 aromatic rings. The van der Waals surface area contributed by atoms with Gasteiger partial charge in [-0.05, 0) is 30.4 Å². The molecule has 0 saturated carbocycles. The van der Waals surface area contributed by atoms with Gasteiger partial charge in [0.2, 0.25) is 5.95 Å². The van der Waals surface area contributed by atoms with E-state index >= 15 is 0 Å². The Balaban J connectivity index is 0.00000192. The van der Waals surface area contributed by atoms with Crippen LogP contribution in [0.15, 0.2) is 41.3 Å². The summed E-state index contributed by atoms with van der Waals surface area (Å²) in [5.41, 5.74) is 14.2. The summed E-state index contributed by atoms with van der Waals surface area (Å²) in [7, 11) is 0. The summed E-state index contributed by atoms with van der Waals surface area (Å²) in [6, 6.07) is 10.2. The van der Waals surface area contributed by atoms with Crippen molar-refractivity contribution in [2.45, 2.75) is 25.3 Å². The molecule has 0 fully saturated rings. The van der Waals surface area contributed by atoms with Crippen molar-refractivity contribution in [2.24, 2.45) is 5.73 Å². The van der Waals surface area contributed by atoms with Crippen LogP contribution in [0.25, 0.3) is 11.0 Å². The van der Waals surface area contributed by atoms with E-state index in [2.05, 4.69) is 27.1 Å². The topological polar surface area (TPSA) is 114 Å². The fraction of sp³-hybridized carbons (Fsp3) is 0.250. The van der Waals surface area contributed by atoms with E-state index in [4.69, 9.17) is 11.5 Å². The summed E-state index contributed by atoms with van der Waals surface area (Å²) >= 11 is 0. The Bertz CT molecular complexity index is 827. The molecule has 0 aliphatic rings. The Hall–Kier alpha value is -2.31. The number of fused-ring (bicyclic) bond motifs is 1. The zero-order valence-corrected chi connectivity index (χ0v) is 13.4. The Morgan fingerprint density at radius 2 is 1.96 bits per heavy atom. The van der Waals surface area contributed by atoms with Crippen LogP contribution in [0.4, 0.5) is 5.95 Å².